The van der Waals surface area contributed by atoms with E-state index < -0.39 is 0 Å². The predicted octanol–water partition coefficient (Wildman–Crippen LogP) is 2.28. The van der Waals surface area contributed by atoms with Crippen LogP contribution in [0.4, 0.5) is 0 Å². The number of carbonyl (C=O) groups excluding carboxylic acids is 1. The van der Waals surface area contributed by atoms with Gasteiger partial charge in [-0.2, -0.15) is 0 Å². The highest BCUT2D eigenvalue weighted by atomic mass is 16.2. The summed E-state index contributed by atoms with van der Waals surface area (Å²) < 4.78 is 0. The SMILES string of the molecule is CCc1cccnc1CNC(C)C(=O)NCCC(C)C. The molecule has 20 heavy (non-hydrogen) atoms. The van der Waals surface area contributed by atoms with Gasteiger partial charge in [-0.1, -0.05) is 26.8 Å². The second-order valence-corrected chi connectivity index (χ2v) is 5.54. The smallest absolute Gasteiger partial charge is 0.236 e. The highest BCUT2D eigenvalue weighted by molar-refractivity contribution is 5.81. The van der Waals surface area contributed by atoms with E-state index in [1.165, 1.54) is 5.56 Å². The van der Waals surface area contributed by atoms with Crippen LogP contribution < -0.4 is 10.6 Å². The van der Waals surface area contributed by atoms with Crippen LogP contribution in [0.2, 0.25) is 0 Å². The van der Waals surface area contributed by atoms with Crippen LogP contribution in [0.3, 0.4) is 0 Å². The Hall–Kier alpha value is -1.42. The molecule has 0 aliphatic carbocycles. The summed E-state index contributed by atoms with van der Waals surface area (Å²) in [7, 11) is 0. The van der Waals surface area contributed by atoms with E-state index in [4.69, 9.17) is 0 Å². The minimum absolute atomic E-state index is 0.0552. The van der Waals surface area contributed by atoms with Crippen LogP contribution in [0.1, 0.15) is 45.4 Å². The van der Waals surface area contributed by atoms with Crippen molar-refractivity contribution >= 4 is 5.91 Å². The molecule has 1 rings (SSSR count). The number of carbonyl (C=O) groups is 1. The third-order valence-electron chi connectivity index (χ3n) is 3.36. The number of aryl methyl sites for hydroxylation is 1. The van der Waals surface area contributed by atoms with Crippen molar-refractivity contribution in [3.8, 4) is 0 Å². The van der Waals surface area contributed by atoms with Gasteiger partial charge in [-0.05, 0) is 37.3 Å². The number of hydrogen-bond acceptors (Lipinski definition) is 3. The maximum atomic E-state index is 11.9. The van der Waals surface area contributed by atoms with Gasteiger partial charge in [0.05, 0.1) is 11.7 Å². The summed E-state index contributed by atoms with van der Waals surface area (Å²) in [5, 5.41) is 6.19. The Morgan fingerprint density at radius 1 is 1.35 bits per heavy atom. The van der Waals surface area contributed by atoms with Crippen LogP contribution >= 0.6 is 0 Å². The zero-order valence-corrected chi connectivity index (χ0v) is 13.1. The number of nitrogens with zero attached hydrogens (tertiary/aromatic N) is 1. The molecule has 1 heterocycles. The molecule has 0 aliphatic heterocycles. The third-order valence-corrected chi connectivity index (χ3v) is 3.36. The Morgan fingerprint density at radius 3 is 2.75 bits per heavy atom. The Kier molecular flexibility index (Phi) is 7.23. The molecular weight excluding hydrogens is 250 g/mol. The van der Waals surface area contributed by atoms with E-state index in [1.54, 1.807) is 6.20 Å². The molecule has 0 fully saturated rings. The van der Waals surface area contributed by atoms with E-state index in [1.807, 2.05) is 13.0 Å². The molecule has 0 aliphatic rings. The van der Waals surface area contributed by atoms with Crippen LogP contribution in [0.25, 0.3) is 0 Å². The van der Waals surface area contributed by atoms with Crippen LogP contribution in [-0.4, -0.2) is 23.5 Å². The monoisotopic (exact) mass is 277 g/mol. The maximum absolute atomic E-state index is 11.9. The number of rotatable bonds is 8. The van der Waals surface area contributed by atoms with Gasteiger partial charge < -0.3 is 10.6 Å². The number of hydrogen-bond donors (Lipinski definition) is 2. The first kappa shape index (κ1) is 16.6. The standard InChI is InChI=1S/C16H27N3O/c1-5-14-7-6-9-17-15(14)11-19-13(4)16(20)18-10-8-12(2)3/h6-7,9,12-13,19H,5,8,10-11H2,1-4H3,(H,18,20). The second-order valence-electron chi connectivity index (χ2n) is 5.54. The van der Waals surface area contributed by atoms with Gasteiger partial charge in [-0.15, -0.1) is 0 Å². The van der Waals surface area contributed by atoms with Crippen molar-refractivity contribution in [2.75, 3.05) is 6.54 Å². The number of pyridine rings is 1. The molecule has 1 aromatic rings. The molecule has 0 aromatic carbocycles. The largest absolute Gasteiger partial charge is 0.355 e. The van der Waals surface area contributed by atoms with Crippen molar-refractivity contribution in [3.05, 3.63) is 29.6 Å². The molecule has 4 nitrogen and oxygen atoms in total. The van der Waals surface area contributed by atoms with Crippen molar-refractivity contribution in [3.63, 3.8) is 0 Å². The van der Waals surface area contributed by atoms with E-state index in [9.17, 15) is 4.79 Å². The fraction of sp³-hybridized carbons (Fsp3) is 0.625. The molecule has 0 spiro atoms. The Labute approximate surface area is 122 Å². The summed E-state index contributed by atoms with van der Waals surface area (Å²) in [6.45, 7) is 9.68. The lowest BCUT2D eigenvalue weighted by atomic mass is 10.1. The lowest BCUT2D eigenvalue weighted by Crippen LogP contribution is -2.42. The lowest BCUT2D eigenvalue weighted by molar-refractivity contribution is -0.122. The zero-order valence-electron chi connectivity index (χ0n) is 13.1. The van der Waals surface area contributed by atoms with Crippen molar-refractivity contribution in [1.29, 1.82) is 0 Å². The molecule has 1 atom stereocenters. The molecule has 0 saturated heterocycles. The summed E-state index contributed by atoms with van der Waals surface area (Å²) in [4.78, 5) is 16.3. The molecule has 0 bridgehead atoms. The summed E-state index contributed by atoms with van der Waals surface area (Å²) in [5.74, 6) is 0.666. The van der Waals surface area contributed by atoms with Gasteiger partial charge in [0.2, 0.25) is 5.91 Å². The molecule has 4 heteroatoms. The van der Waals surface area contributed by atoms with Gasteiger partial charge in [0.25, 0.3) is 0 Å². The van der Waals surface area contributed by atoms with E-state index in [0.717, 1.165) is 25.1 Å². The maximum Gasteiger partial charge on any atom is 0.236 e. The van der Waals surface area contributed by atoms with Crippen molar-refractivity contribution in [2.45, 2.75) is 53.1 Å². The first-order valence-corrected chi connectivity index (χ1v) is 7.48. The molecule has 0 radical (unpaired) electrons. The van der Waals surface area contributed by atoms with Crippen molar-refractivity contribution in [2.24, 2.45) is 5.92 Å². The highest BCUT2D eigenvalue weighted by Gasteiger charge is 2.12. The third kappa shape index (κ3) is 5.70. The summed E-state index contributed by atoms with van der Waals surface area (Å²) in [6.07, 6.45) is 3.77. The van der Waals surface area contributed by atoms with Crippen molar-refractivity contribution in [1.82, 2.24) is 15.6 Å². The van der Waals surface area contributed by atoms with Gasteiger partial charge >= 0.3 is 0 Å². The van der Waals surface area contributed by atoms with Crippen LogP contribution in [-0.2, 0) is 17.8 Å². The molecule has 1 amide bonds. The average Bonchev–Trinajstić information content (AvgIpc) is 2.44. The average molecular weight is 277 g/mol. The molecule has 112 valence electrons. The summed E-state index contributed by atoms with van der Waals surface area (Å²) in [6, 6.07) is 3.83. The topological polar surface area (TPSA) is 54.0 Å². The molecule has 1 unspecified atom stereocenters. The highest BCUT2D eigenvalue weighted by Crippen LogP contribution is 2.06. The van der Waals surface area contributed by atoms with Gasteiger partial charge in [-0.3, -0.25) is 9.78 Å². The number of nitrogens with one attached hydrogen (secondary N) is 2. The Balaban J connectivity index is 2.38. The normalized spacial score (nSPS) is 12.4. The van der Waals surface area contributed by atoms with E-state index in [2.05, 4.69) is 42.5 Å². The fourth-order valence-electron chi connectivity index (χ4n) is 1.93. The minimum atomic E-state index is -0.200. The molecule has 0 saturated carbocycles. The quantitative estimate of drug-likeness (QED) is 0.766. The predicted molar refractivity (Wildman–Crippen MR) is 82.4 cm³/mol. The van der Waals surface area contributed by atoms with Gasteiger partial charge in [0.15, 0.2) is 0 Å². The van der Waals surface area contributed by atoms with Gasteiger partial charge in [0, 0.05) is 19.3 Å². The van der Waals surface area contributed by atoms with E-state index in [-0.39, 0.29) is 11.9 Å². The first-order valence-electron chi connectivity index (χ1n) is 7.48. The first-order chi connectivity index (χ1) is 9.54. The van der Waals surface area contributed by atoms with Crippen LogP contribution in [0.5, 0.6) is 0 Å². The number of aromatic nitrogens is 1. The van der Waals surface area contributed by atoms with Crippen molar-refractivity contribution < 1.29 is 4.79 Å². The summed E-state index contributed by atoms with van der Waals surface area (Å²) >= 11 is 0. The Bertz CT molecular complexity index is 418. The zero-order chi connectivity index (χ0) is 15.0. The summed E-state index contributed by atoms with van der Waals surface area (Å²) in [5.41, 5.74) is 2.25. The van der Waals surface area contributed by atoms with Gasteiger partial charge in [-0.25, -0.2) is 0 Å². The van der Waals surface area contributed by atoms with E-state index >= 15 is 0 Å². The molecule has 2 N–H and O–H groups in total. The Morgan fingerprint density at radius 2 is 2.10 bits per heavy atom. The number of amides is 1. The second kappa shape index (κ2) is 8.69. The minimum Gasteiger partial charge on any atom is -0.355 e. The fourth-order valence-corrected chi connectivity index (χ4v) is 1.93. The lowest BCUT2D eigenvalue weighted by Gasteiger charge is -2.15. The van der Waals surface area contributed by atoms with Crippen LogP contribution in [0.15, 0.2) is 18.3 Å². The molecule has 1 aromatic heterocycles. The van der Waals surface area contributed by atoms with E-state index in [0.29, 0.717) is 12.5 Å². The molecular formula is C16H27N3O. The van der Waals surface area contributed by atoms with Gasteiger partial charge in [0.1, 0.15) is 0 Å². The van der Waals surface area contributed by atoms with Crippen LogP contribution in [0, 0.1) is 5.92 Å².